The number of ether oxygens (including phenoxy) is 1. The molecule has 3 rings (SSSR count). The highest BCUT2D eigenvalue weighted by Crippen LogP contribution is 2.27. The predicted molar refractivity (Wildman–Crippen MR) is 138 cm³/mol. The van der Waals surface area contributed by atoms with Crippen molar-refractivity contribution in [3.05, 3.63) is 72.3 Å². The van der Waals surface area contributed by atoms with Crippen LogP contribution in [0.5, 0.6) is 5.75 Å². The van der Waals surface area contributed by atoms with Gasteiger partial charge >= 0.3 is 6.09 Å². The van der Waals surface area contributed by atoms with Crippen molar-refractivity contribution in [2.24, 2.45) is 0 Å². The highest BCUT2D eigenvalue weighted by Gasteiger charge is 2.34. The summed E-state index contributed by atoms with van der Waals surface area (Å²) in [5.41, 5.74) is 0.0416. The largest absolute Gasteiger partial charge is 0.508 e. The molecule has 2 unspecified atom stereocenters. The molecule has 0 aromatic heterocycles. The Morgan fingerprint density at radius 2 is 1.69 bits per heavy atom. The van der Waals surface area contributed by atoms with Gasteiger partial charge in [-0.3, -0.25) is 14.5 Å². The zero-order valence-corrected chi connectivity index (χ0v) is 20.6. The van der Waals surface area contributed by atoms with E-state index in [1.54, 1.807) is 39.0 Å². The Labute approximate surface area is 210 Å². The molecule has 0 aliphatic rings. The molecule has 3 amide bonds. The zero-order chi connectivity index (χ0) is 26.5. The topological polar surface area (TPSA) is 108 Å². The third-order valence-electron chi connectivity index (χ3n) is 5.19. The number of carbonyl (C=O) groups excluding carboxylic acids is 3. The molecule has 8 heteroatoms. The summed E-state index contributed by atoms with van der Waals surface area (Å²) in [6.45, 7) is 6.53. The first-order valence-corrected chi connectivity index (χ1v) is 11.4. The fourth-order valence-electron chi connectivity index (χ4n) is 3.61. The molecule has 0 fully saturated rings. The monoisotopic (exact) mass is 487 g/mol. The number of nitrogens with one attached hydrogen (secondary N) is 2. The first kappa shape index (κ1) is 26.1. The van der Waals surface area contributed by atoms with Gasteiger partial charge < -0.3 is 20.5 Å². The molecule has 2 atom stereocenters. The molecule has 0 radical (unpaired) electrons. The number of aromatic hydroxyl groups is 1. The van der Waals surface area contributed by atoms with E-state index in [1.165, 1.54) is 19.1 Å². The highest BCUT2D eigenvalue weighted by atomic mass is 16.6. The van der Waals surface area contributed by atoms with Gasteiger partial charge in [-0.1, -0.05) is 48.9 Å². The molecule has 3 N–H and O–H groups in total. The maximum atomic E-state index is 13.5. The molecule has 3 aromatic carbocycles. The average Bonchev–Trinajstić information content (AvgIpc) is 2.80. The molecular formula is C28H29N3O5. The predicted octanol–water partition coefficient (Wildman–Crippen LogP) is 4.56. The van der Waals surface area contributed by atoms with Gasteiger partial charge in [0, 0.05) is 11.7 Å². The standard InChI is InChI=1S/C28H29N3O5/c1-6-31(26(34)18(2)29-27(35)36-28(3,4)5)24(21-12-9-13-23(32)17-21)25(33)30-22-15-14-19-10-7-8-11-20(19)16-22/h1,7-18,24,32H,2-5H3,(H,29,35)(H,30,33). The summed E-state index contributed by atoms with van der Waals surface area (Å²) < 4.78 is 5.21. The van der Waals surface area contributed by atoms with Crippen LogP contribution in [-0.4, -0.2) is 39.6 Å². The lowest BCUT2D eigenvalue weighted by atomic mass is 10.0. The number of benzene rings is 3. The van der Waals surface area contributed by atoms with E-state index >= 15 is 0 Å². The summed E-state index contributed by atoms with van der Waals surface area (Å²) in [4.78, 5) is 39.9. The van der Waals surface area contributed by atoms with Crippen molar-refractivity contribution in [3.63, 3.8) is 0 Å². The second-order valence-corrected chi connectivity index (χ2v) is 9.25. The molecule has 0 bridgehead atoms. The van der Waals surface area contributed by atoms with Crippen molar-refractivity contribution in [1.29, 1.82) is 0 Å². The number of anilines is 1. The van der Waals surface area contributed by atoms with Gasteiger partial charge in [-0.15, -0.1) is 0 Å². The Kier molecular flexibility index (Phi) is 7.85. The van der Waals surface area contributed by atoms with E-state index in [0.717, 1.165) is 15.7 Å². The van der Waals surface area contributed by atoms with Gasteiger partial charge in [-0.05, 0) is 68.3 Å². The number of nitrogens with zero attached hydrogens (tertiary/aromatic N) is 1. The van der Waals surface area contributed by atoms with Crippen LogP contribution in [0.25, 0.3) is 10.8 Å². The van der Waals surface area contributed by atoms with E-state index in [0.29, 0.717) is 11.3 Å². The number of hydrogen-bond acceptors (Lipinski definition) is 5. The molecule has 186 valence electrons. The van der Waals surface area contributed by atoms with E-state index < -0.39 is 35.6 Å². The normalized spacial score (nSPS) is 12.6. The van der Waals surface area contributed by atoms with E-state index in [9.17, 15) is 19.5 Å². The van der Waals surface area contributed by atoms with Gasteiger partial charge in [0.1, 0.15) is 23.4 Å². The van der Waals surface area contributed by atoms with E-state index in [-0.39, 0.29) is 5.75 Å². The minimum absolute atomic E-state index is 0.0969. The van der Waals surface area contributed by atoms with E-state index in [4.69, 9.17) is 11.2 Å². The fourth-order valence-corrected chi connectivity index (χ4v) is 3.61. The van der Waals surface area contributed by atoms with Crippen LogP contribution in [0.4, 0.5) is 10.5 Å². The Hall–Kier alpha value is -4.51. The Morgan fingerprint density at radius 3 is 2.33 bits per heavy atom. The Bertz CT molecular complexity index is 1320. The minimum Gasteiger partial charge on any atom is -0.508 e. The summed E-state index contributed by atoms with van der Waals surface area (Å²) in [7, 11) is 0. The Morgan fingerprint density at radius 1 is 1.00 bits per heavy atom. The maximum Gasteiger partial charge on any atom is 0.408 e. The van der Waals surface area contributed by atoms with Gasteiger partial charge in [-0.2, -0.15) is 0 Å². The fraction of sp³-hybridized carbons (Fsp3) is 0.250. The number of hydrogen-bond donors (Lipinski definition) is 3. The van der Waals surface area contributed by atoms with Gasteiger partial charge in [0.2, 0.25) is 0 Å². The average molecular weight is 488 g/mol. The van der Waals surface area contributed by atoms with Gasteiger partial charge in [0.25, 0.3) is 11.8 Å². The number of rotatable bonds is 6. The molecule has 0 spiro atoms. The van der Waals surface area contributed by atoms with Crippen molar-refractivity contribution < 1.29 is 24.2 Å². The molecule has 8 nitrogen and oxygen atoms in total. The van der Waals surface area contributed by atoms with Crippen LogP contribution in [0.3, 0.4) is 0 Å². The molecular weight excluding hydrogens is 458 g/mol. The second kappa shape index (κ2) is 10.8. The summed E-state index contributed by atoms with van der Waals surface area (Å²) in [6.07, 6.45) is 4.90. The minimum atomic E-state index is -1.29. The first-order chi connectivity index (χ1) is 17.0. The van der Waals surface area contributed by atoms with Crippen molar-refractivity contribution in [2.45, 2.75) is 45.4 Å². The van der Waals surface area contributed by atoms with Crippen LogP contribution in [0.15, 0.2) is 66.7 Å². The third kappa shape index (κ3) is 6.54. The van der Waals surface area contributed by atoms with Crippen LogP contribution >= 0.6 is 0 Å². The lowest BCUT2D eigenvalue weighted by molar-refractivity contribution is -0.136. The number of amides is 3. The van der Waals surface area contributed by atoms with Crippen LogP contribution in [-0.2, 0) is 14.3 Å². The molecule has 0 aliphatic heterocycles. The van der Waals surface area contributed by atoms with E-state index in [2.05, 4.69) is 16.7 Å². The number of phenols is 1. The third-order valence-corrected chi connectivity index (χ3v) is 5.19. The summed E-state index contributed by atoms with van der Waals surface area (Å²) in [6, 6.07) is 18.9. The number of carbonyl (C=O) groups is 3. The lowest BCUT2D eigenvalue weighted by Gasteiger charge is -2.29. The lowest BCUT2D eigenvalue weighted by Crippen LogP contribution is -2.49. The highest BCUT2D eigenvalue weighted by molar-refractivity contribution is 6.01. The summed E-state index contributed by atoms with van der Waals surface area (Å²) >= 11 is 0. The number of fused-ring (bicyclic) bond motifs is 1. The van der Waals surface area contributed by atoms with Gasteiger partial charge in [-0.25, -0.2) is 4.79 Å². The van der Waals surface area contributed by atoms with Crippen molar-refractivity contribution in [1.82, 2.24) is 10.2 Å². The summed E-state index contributed by atoms with van der Waals surface area (Å²) in [5, 5.41) is 17.2. The zero-order valence-electron chi connectivity index (χ0n) is 20.6. The van der Waals surface area contributed by atoms with E-state index in [1.807, 2.05) is 36.4 Å². The quantitative estimate of drug-likeness (QED) is 0.349. The number of phenolic OH excluding ortho intramolecular Hbond substituents is 1. The van der Waals surface area contributed by atoms with Crippen LogP contribution < -0.4 is 10.6 Å². The van der Waals surface area contributed by atoms with Crippen LogP contribution in [0.2, 0.25) is 0 Å². The molecule has 0 saturated carbocycles. The first-order valence-electron chi connectivity index (χ1n) is 11.4. The number of terminal acetylenes is 1. The molecule has 0 heterocycles. The molecule has 3 aromatic rings. The Balaban J connectivity index is 1.90. The van der Waals surface area contributed by atoms with Crippen molar-refractivity contribution >= 4 is 34.4 Å². The molecule has 0 saturated heterocycles. The maximum absolute atomic E-state index is 13.5. The smallest absolute Gasteiger partial charge is 0.408 e. The number of alkyl carbamates (subject to hydrolysis) is 1. The van der Waals surface area contributed by atoms with Crippen LogP contribution in [0.1, 0.15) is 39.3 Å². The molecule has 36 heavy (non-hydrogen) atoms. The SMILES string of the molecule is C#CN(C(=O)C(C)NC(=O)OC(C)(C)C)C(C(=O)Nc1ccc2ccccc2c1)c1cccc(O)c1. The van der Waals surface area contributed by atoms with Gasteiger partial charge in [0.05, 0.1) is 0 Å². The van der Waals surface area contributed by atoms with Gasteiger partial charge in [0.15, 0.2) is 0 Å². The summed E-state index contributed by atoms with van der Waals surface area (Å²) in [5.74, 6) is -1.39. The second-order valence-electron chi connectivity index (χ2n) is 9.25. The van der Waals surface area contributed by atoms with Crippen molar-refractivity contribution in [3.8, 4) is 18.2 Å². The van der Waals surface area contributed by atoms with Crippen molar-refractivity contribution in [2.75, 3.05) is 5.32 Å². The molecule has 0 aliphatic carbocycles. The van der Waals surface area contributed by atoms with Crippen LogP contribution in [0, 0.1) is 12.5 Å².